The van der Waals surface area contributed by atoms with Crippen molar-refractivity contribution in [1.82, 2.24) is 10.0 Å². The normalized spacial score (nSPS) is 19.0. The molecule has 0 aromatic heterocycles. The number of nitrogens with one attached hydrogen (secondary N) is 2. The fourth-order valence-corrected chi connectivity index (χ4v) is 3.98. The van der Waals surface area contributed by atoms with E-state index in [1.54, 1.807) is 6.07 Å². The molecule has 0 amide bonds. The van der Waals surface area contributed by atoms with E-state index in [9.17, 15) is 8.42 Å². The van der Waals surface area contributed by atoms with Gasteiger partial charge in [-0.25, -0.2) is 13.1 Å². The highest BCUT2D eigenvalue weighted by Gasteiger charge is 2.18. The van der Waals surface area contributed by atoms with Crippen LogP contribution in [0.3, 0.4) is 0 Å². The van der Waals surface area contributed by atoms with E-state index < -0.39 is 10.0 Å². The average molecular weight is 310 g/mol. The second kappa shape index (κ2) is 7.38. The third kappa shape index (κ3) is 4.28. The maximum absolute atomic E-state index is 12.3. The van der Waals surface area contributed by atoms with Crippen molar-refractivity contribution in [2.75, 3.05) is 19.6 Å². The van der Waals surface area contributed by atoms with E-state index in [-0.39, 0.29) is 0 Å². The summed E-state index contributed by atoms with van der Waals surface area (Å²) >= 11 is 0. The van der Waals surface area contributed by atoms with Crippen LogP contribution in [0.2, 0.25) is 0 Å². The van der Waals surface area contributed by atoms with Gasteiger partial charge in [-0.2, -0.15) is 0 Å². The molecular formula is C16H26N2O2S. The highest BCUT2D eigenvalue weighted by molar-refractivity contribution is 7.89. The molecule has 5 heteroatoms. The zero-order chi connectivity index (χ0) is 15.3. The van der Waals surface area contributed by atoms with Crippen LogP contribution in [0, 0.1) is 5.92 Å². The molecule has 1 aromatic rings. The Hall–Kier alpha value is -0.910. The van der Waals surface area contributed by atoms with Gasteiger partial charge in [-0.1, -0.05) is 19.9 Å². The molecule has 4 nitrogen and oxygen atoms in total. The third-order valence-electron chi connectivity index (χ3n) is 4.26. The van der Waals surface area contributed by atoms with Crippen molar-refractivity contribution in [3.05, 3.63) is 29.3 Å². The number of hydrogen-bond acceptors (Lipinski definition) is 3. The summed E-state index contributed by atoms with van der Waals surface area (Å²) in [4.78, 5) is 0.390. The van der Waals surface area contributed by atoms with Gasteiger partial charge in [-0.05, 0) is 68.0 Å². The summed E-state index contributed by atoms with van der Waals surface area (Å²) in [5.41, 5.74) is 2.36. The number of sulfonamides is 1. The molecule has 0 spiro atoms. The van der Waals surface area contributed by atoms with Crippen molar-refractivity contribution < 1.29 is 8.42 Å². The van der Waals surface area contributed by atoms with E-state index in [4.69, 9.17) is 0 Å². The average Bonchev–Trinajstić information content (AvgIpc) is 2.99. The third-order valence-corrected chi connectivity index (χ3v) is 5.72. The molecule has 0 radical (unpaired) electrons. The van der Waals surface area contributed by atoms with Gasteiger partial charge < -0.3 is 5.32 Å². The van der Waals surface area contributed by atoms with Crippen LogP contribution in [-0.2, 0) is 22.9 Å². The molecular weight excluding hydrogens is 284 g/mol. The lowest BCUT2D eigenvalue weighted by Gasteiger charge is -2.12. The summed E-state index contributed by atoms with van der Waals surface area (Å²) in [7, 11) is -3.38. The van der Waals surface area contributed by atoms with Gasteiger partial charge in [0.05, 0.1) is 4.90 Å². The van der Waals surface area contributed by atoms with Crippen molar-refractivity contribution in [2.24, 2.45) is 5.92 Å². The Morgan fingerprint density at radius 1 is 1.24 bits per heavy atom. The summed E-state index contributed by atoms with van der Waals surface area (Å²) in [6.45, 7) is 6.73. The second-order valence-electron chi connectivity index (χ2n) is 5.68. The summed E-state index contributed by atoms with van der Waals surface area (Å²) in [6, 6.07) is 5.48. The van der Waals surface area contributed by atoms with Gasteiger partial charge in [0.1, 0.15) is 0 Å². The van der Waals surface area contributed by atoms with E-state index in [0.717, 1.165) is 44.3 Å². The first kappa shape index (κ1) is 16.5. The Morgan fingerprint density at radius 3 is 2.62 bits per heavy atom. The van der Waals surface area contributed by atoms with Crippen LogP contribution in [0.1, 0.15) is 37.8 Å². The van der Waals surface area contributed by atoms with Gasteiger partial charge in [0.2, 0.25) is 10.0 Å². The van der Waals surface area contributed by atoms with Gasteiger partial charge in [0, 0.05) is 6.54 Å². The molecule has 1 atom stereocenters. The largest absolute Gasteiger partial charge is 0.316 e. The molecule has 1 heterocycles. The predicted molar refractivity (Wildman–Crippen MR) is 86.0 cm³/mol. The predicted octanol–water partition coefficient (Wildman–Crippen LogP) is 2.09. The topological polar surface area (TPSA) is 58.2 Å². The lowest BCUT2D eigenvalue weighted by atomic mass is 10.0. The van der Waals surface area contributed by atoms with Crippen molar-refractivity contribution in [3.8, 4) is 0 Å². The van der Waals surface area contributed by atoms with Gasteiger partial charge >= 0.3 is 0 Å². The van der Waals surface area contributed by atoms with E-state index in [2.05, 4.69) is 23.9 Å². The first-order valence-electron chi connectivity index (χ1n) is 7.89. The number of hydrogen-bond donors (Lipinski definition) is 2. The number of rotatable bonds is 7. The van der Waals surface area contributed by atoms with Crippen LogP contribution in [0.25, 0.3) is 0 Å². The Balaban J connectivity index is 2.01. The van der Waals surface area contributed by atoms with E-state index >= 15 is 0 Å². The van der Waals surface area contributed by atoms with E-state index in [0.29, 0.717) is 17.4 Å². The minimum Gasteiger partial charge on any atom is -0.316 e. The van der Waals surface area contributed by atoms with Crippen molar-refractivity contribution in [3.63, 3.8) is 0 Å². The molecule has 1 unspecified atom stereocenters. The monoisotopic (exact) mass is 310 g/mol. The second-order valence-corrected chi connectivity index (χ2v) is 7.45. The summed E-state index contributed by atoms with van der Waals surface area (Å²) in [5, 5.41) is 3.30. The minimum absolute atomic E-state index is 0.390. The van der Waals surface area contributed by atoms with E-state index in [1.165, 1.54) is 5.56 Å². The van der Waals surface area contributed by atoms with Gasteiger partial charge in [-0.3, -0.25) is 0 Å². The lowest BCUT2D eigenvalue weighted by molar-refractivity contribution is 0.519. The summed E-state index contributed by atoms with van der Waals surface area (Å²) in [6.07, 6.45) is 3.85. The zero-order valence-corrected chi connectivity index (χ0v) is 13.8. The van der Waals surface area contributed by atoms with Crippen molar-refractivity contribution in [2.45, 2.75) is 44.4 Å². The van der Waals surface area contributed by atoms with Crippen LogP contribution in [0.4, 0.5) is 0 Å². The highest BCUT2D eigenvalue weighted by atomic mass is 32.2. The lowest BCUT2D eigenvalue weighted by Crippen LogP contribution is -2.26. The molecule has 2 rings (SSSR count). The van der Waals surface area contributed by atoms with Crippen molar-refractivity contribution in [1.29, 1.82) is 0 Å². The Labute approximate surface area is 128 Å². The molecule has 0 aliphatic carbocycles. The van der Waals surface area contributed by atoms with Gasteiger partial charge in [0.15, 0.2) is 0 Å². The van der Waals surface area contributed by atoms with Gasteiger partial charge in [-0.15, -0.1) is 0 Å². The van der Waals surface area contributed by atoms with Crippen molar-refractivity contribution >= 4 is 10.0 Å². The van der Waals surface area contributed by atoms with Gasteiger partial charge in [0.25, 0.3) is 0 Å². The maximum Gasteiger partial charge on any atom is 0.240 e. The quantitative estimate of drug-likeness (QED) is 0.811. The van der Waals surface area contributed by atoms with E-state index in [1.807, 2.05) is 12.1 Å². The molecule has 0 saturated carbocycles. The molecule has 1 aliphatic rings. The molecule has 118 valence electrons. The molecule has 1 fully saturated rings. The molecule has 1 saturated heterocycles. The minimum atomic E-state index is -3.38. The first-order chi connectivity index (χ1) is 10.1. The molecule has 2 N–H and O–H groups in total. The van der Waals surface area contributed by atoms with Crippen LogP contribution < -0.4 is 10.0 Å². The van der Waals surface area contributed by atoms with Crippen LogP contribution in [-0.4, -0.2) is 28.1 Å². The smallest absolute Gasteiger partial charge is 0.240 e. The number of aryl methyl sites for hydroxylation is 2. The summed E-state index contributed by atoms with van der Waals surface area (Å²) < 4.78 is 27.4. The highest BCUT2D eigenvalue weighted by Crippen LogP contribution is 2.18. The maximum atomic E-state index is 12.3. The molecule has 1 aromatic carbocycles. The summed E-state index contributed by atoms with van der Waals surface area (Å²) in [5.74, 6) is 0.598. The molecule has 0 bridgehead atoms. The Morgan fingerprint density at radius 2 is 2.00 bits per heavy atom. The SMILES string of the molecule is CCc1ccc(S(=O)(=O)NCCC2CCNC2)cc1CC. The number of benzene rings is 1. The van der Waals surface area contributed by atoms with Crippen LogP contribution >= 0.6 is 0 Å². The standard InChI is InChI=1S/C16H26N2O2S/c1-3-14-5-6-16(11-15(14)4-2)21(19,20)18-10-8-13-7-9-17-12-13/h5-6,11,13,17-18H,3-4,7-10,12H2,1-2H3. The first-order valence-corrected chi connectivity index (χ1v) is 9.37. The van der Waals surface area contributed by atoms with Crippen LogP contribution in [0.5, 0.6) is 0 Å². The molecule has 21 heavy (non-hydrogen) atoms. The van der Waals surface area contributed by atoms with Crippen LogP contribution in [0.15, 0.2) is 23.1 Å². The molecule has 1 aliphatic heterocycles. The fourth-order valence-electron chi connectivity index (χ4n) is 2.89. The Bertz CT molecular complexity index is 564. The Kier molecular flexibility index (Phi) is 5.79. The fraction of sp³-hybridized carbons (Fsp3) is 0.625. The zero-order valence-electron chi connectivity index (χ0n) is 13.0.